The molecule has 2 aromatic rings. The van der Waals surface area contributed by atoms with E-state index in [0.717, 1.165) is 24.0 Å². The molecule has 156 valence electrons. The summed E-state index contributed by atoms with van der Waals surface area (Å²) in [6.07, 6.45) is 1.90. The Morgan fingerprint density at radius 3 is 2.62 bits per heavy atom. The molecule has 2 rings (SSSR count). The van der Waals surface area contributed by atoms with E-state index in [4.69, 9.17) is 16.3 Å². The van der Waals surface area contributed by atoms with Crippen LogP contribution in [0.3, 0.4) is 0 Å². The van der Waals surface area contributed by atoms with Gasteiger partial charge in [0.25, 0.3) is 5.91 Å². The maximum atomic E-state index is 13.0. The van der Waals surface area contributed by atoms with Crippen LogP contribution in [0.1, 0.15) is 37.8 Å². The lowest BCUT2D eigenvalue weighted by Crippen LogP contribution is -2.49. The number of aryl methyl sites for hydroxylation is 1. The van der Waals surface area contributed by atoms with Gasteiger partial charge in [0, 0.05) is 13.1 Å². The minimum Gasteiger partial charge on any atom is -0.482 e. The zero-order valence-corrected chi connectivity index (χ0v) is 18.0. The third-order valence-electron chi connectivity index (χ3n) is 4.62. The molecule has 1 N–H and O–H groups in total. The number of halogens is 1. The van der Waals surface area contributed by atoms with Crippen LogP contribution in [0, 0.1) is 6.92 Å². The van der Waals surface area contributed by atoms with E-state index >= 15 is 0 Å². The normalized spacial score (nSPS) is 11.6. The van der Waals surface area contributed by atoms with Crippen molar-refractivity contribution in [2.45, 2.75) is 46.2 Å². The summed E-state index contributed by atoms with van der Waals surface area (Å²) in [4.78, 5) is 27.1. The molecule has 6 heteroatoms. The summed E-state index contributed by atoms with van der Waals surface area (Å²) in [5.74, 6) is -0.000151. The molecule has 5 nitrogen and oxygen atoms in total. The maximum absolute atomic E-state index is 13.0. The number of nitrogens with one attached hydrogen (secondary N) is 1. The standard InChI is InChI=1S/C23H29ClN2O3/c1-4-5-13-25-23(28)18(3)26(15-19-10-8-9-17(2)14-19)22(27)16-29-21-12-7-6-11-20(21)24/h6-12,14,18H,4-5,13,15-16H2,1-3H3,(H,25,28)/t18-/m0/s1. The number of para-hydroxylation sites is 1. The number of hydrogen-bond donors (Lipinski definition) is 1. The van der Waals surface area contributed by atoms with Gasteiger partial charge >= 0.3 is 0 Å². The van der Waals surface area contributed by atoms with Crippen molar-refractivity contribution in [3.8, 4) is 5.75 Å². The van der Waals surface area contributed by atoms with Gasteiger partial charge in [-0.25, -0.2) is 0 Å². The summed E-state index contributed by atoms with van der Waals surface area (Å²) in [5.41, 5.74) is 2.06. The molecular formula is C23H29ClN2O3. The first-order valence-electron chi connectivity index (χ1n) is 9.92. The van der Waals surface area contributed by atoms with Gasteiger partial charge in [0.2, 0.25) is 5.91 Å². The highest BCUT2D eigenvalue weighted by Crippen LogP contribution is 2.23. The van der Waals surface area contributed by atoms with E-state index in [2.05, 4.69) is 12.2 Å². The molecule has 0 saturated carbocycles. The maximum Gasteiger partial charge on any atom is 0.261 e. The number of benzene rings is 2. The van der Waals surface area contributed by atoms with Gasteiger partial charge in [0.05, 0.1) is 5.02 Å². The second kappa shape index (κ2) is 11.5. The summed E-state index contributed by atoms with van der Waals surface area (Å²) in [5, 5.41) is 3.34. The molecule has 0 aromatic heterocycles. The molecule has 0 fully saturated rings. The highest BCUT2D eigenvalue weighted by atomic mass is 35.5. The molecule has 29 heavy (non-hydrogen) atoms. The zero-order chi connectivity index (χ0) is 21.2. The van der Waals surface area contributed by atoms with Crippen LogP contribution in [0.2, 0.25) is 5.02 Å². The molecule has 0 unspecified atom stereocenters. The quantitative estimate of drug-likeness (QED) is 0.585. The molecule has 0 saturated heterocycles. The van der Waals surface area contributed by atoms with Crippen molar-refractivity contribution >= 4 is 23.4 Å². The van der Waals surface area contributed by atoms with Gasteiger partial charge in [-0.05, 0) is 38.0 Å². The minimum atomic E-state index is -0.616. The summed E-state index contributed by atoms with van der Waals surface area (Å²) < 4.78 is 5.61. The molecule has 0 bridgehead atoms. The van der Waals surface area contributed by atoms with Crippen LogP contribution >= 0.6 is 11.6 Å². The molecular weight excluding hydrogens is 388 g/mol. The van der Waals surface area contributed by atoms with Crippen LogP contribution in [0.25, 0.3) is 0 Å². The predicted octanol–water partition coefficient (Wildman–Crippen LogP) is 4.36. The van der Waals surface area contributed by atoms with E-state index in [-0.39, 0.29) is 18.4 Å². The van der Waals surface area contributed by atoms with E-state index in [0.29, 0.717) is 23.9 Å². The largest absolute Gasteiger partial charge is 0.482 e. The Morgan fingerprint density at radius 1 is 1.17 bits per heavy atom. The van der Waals surface area contributed by atoms with Crippen molar-refractivity contribution in [3.05, 3.63) is 64.7 Å². The van der Waals surface area contributed by atoms with Crippen LogP contribution in [-0.4, -0.2) is 35.9 Å². The van der Waals surface area contributed by atoms with E-state index in [1.807, 2.05) is 31.2 Å². The van der Waals surface area contributed by atoms with E-state index in [1.165, 1.54) is 0 Å². The lowest BCUT2D eigenvalue weighted by Gasteiger charge is -2.29. The van der Waals surface area contributed by atoms with Crippen molar-refractivity contribution < 1.29 is 14.3 Å². The lowest BCUT2D eigenvalue weighted by molar-refractivity contribution is -0.142. The number of amides is 2. The molecule has 0 aliphatic rings. The second-order valence-electron chi connectivity index (χ2n) is 7.05. The summed E-state index contributed by atoms with van der Waals surface area (Å²) >= 11 is 6.10. The predicted molar refractivity (Wildman–Crippen MR) is 116 cm³/mol. The first kappa shape index (κ1) is 22.8. The average Bonchev–Trinajstić information content (AvgIpc) is 2.71. The van der Waals surface area contributed by atoms with Gasteiger partial charge in [-0.2, -0.15) is 0 Å². The second-order valence-corrected chi connectivity index (χ2v) is 7.46. The van der Waals surface area contributed by atoms with Crippen LogP contribution in [0.15, 0.2) is 48.5 Å². The fourth-order valence-corrected chi connectivity index (χ4v) is 3.10. The Labute approximate surface area is 178 Å². The van der Waals surface area contributed by atoms with Crippen molar-refractivity contribution in [1.82, 2.24) is 10.2 Å². The molecule has 0 heterocycles. The average molecular weight is 417 g/mol. The third-order valence-corrected chi connectivity index (χ3v) is 4.93. The van der Waals surface area contributed by atoms with E-state index in [9.17, 15) is 9.59 Å². The Bertz CT molecular complexity index is 825. The summed E-state index contributed by atoms with van der Waals surface area (Å²) in [6.45, 7) is 6.54. The lowest BCUT2D eigenvalue weighted by atomic mass is 10.1. The van der Waals surface area contributed by atoms with Gasteiger partial charge in [0.15, 0.2) is 6.61 Å². The fraction of sp³-hybridized carbons (Fsp3) is 0.391. The molecule has 2 aromatic carbocycles. The Morgan fingerprint density at radius 2 is 1.93 bits per heavy atom. The van der Waals surface area contributed by atoms with Crippen molar-refractivity contribution in [1.29, 1.82) is 0 Å². The smallest absolute Gasteiger partial charge is 0.261 e. The summed E-state index contributed by atoms with van der Waals surface area (Å²) in [7, 11) is 0. The van der Waals surface area contributed by atoms with Crippen molar-refractivity contribution in [3.63, 3.8) is 0 Å². The number of rotatable bonds is 10. The minimum absolute atomic E-state index is 0.169. The number of carbonyl (C=O) groups is 2. The molecule has 0 radical (unpaired) electrons. The monoisotopic (exact) mass is 416 g/mol. The number of ether oxygens (including phenoxy) is 1. The zero-order valence-electron chi connectivity index (χ0n) is 17.3. The molecule has 0 aliphatic heterocycles. The topological polar surface area (TPSA) is 58.6 Å². The van der Waals surface area contributed by atoms with Crippen LogP contribution in [0.4, 0.5) is 0 Å². The SMILES string of the molecule is CCCCNC(=O)[C@H](C)N(Cc1cccc(C)c1)C(=O)COc1ccccc1Cl. The van der Waals surface area contributed by atoms with E-state index < -0.39 is 6.04 Å². The van der Waals surface area contributed by atoms with Gasteiger partial charge in [-0.3, -0.25) is 9.59 Å². The van der Waals surface area contributed by atoms with Gasteiger partial charge in [0.1, 0.15) is 11.8 Å². The summed E-state index contributed by atoms with van der Waals surface area (Å²) in [6, 6.07) is 14.3. The van der Waals surface area contributed by atoms with Crippen molar-refractivity contribution in [2.24, 2.45) is 0 Å². The first-order valence-corrected chi connectivity index (χ1v) is 10.3. The van der Waals surface area contributed by atoms with Gasteiger partial charge in [-0.1, -0.05) is 66.9 Å². The van der Waals surface area contributed by atoms with Crippen LogP contribution in [0.5, 0.6) is 5.75 Å². The third kappa shape index (κ3) is 7.09. The van der Waals surface area contributed by atoms with E-state index in [1.54, 1.807) is 36.1 Å². The number of unbranched alkanes of at least 4 members (excludes halogenated alkanes) is 1. The van der Waals surface area contributed by atoms with Crippen molar-refractivity contribution in [2.75, 3.05) is 13.2 Å². The number of carbonyl (C=O) groups excluding carboxylic acids is 2. The molecule has 2 amide bonds. The highest BCUT2D eigenvalue weighted by molar-refractivity contribution is 6.32. The number of hydrogen-bond acceptors (Lipinski definition) is 3. The highest BCUT2D eigenvalue weighted by Gasteiger charge is 2.26. The molecule has 0 aliphatic carbocycles. The fourth-order valence-electron chi connectivity index (χ4n) is 2.91. The Hall–Kier alpha value is -2.53. The Kier molecular flexibility index (Phi) is 9.00. The van der Waals surface area contributed by atoms with Gasteiger partial charge in [-0.15, -0.1) is 0 Å². The first-order chi connectivity index (χ1) is 13.9. The van der Waals surface area contributed by atoms with Crippen LogP contribution < -0.4 is 10.1 Å². The molecule has 0 spiro atoms. The Balaban J connectivity index is 2.12. The number of nitrogens with zero attached hydrogens (tertiary/aromatic N) is 1. The molecule has 1 atom stereocenters. The van der Waals surface area contributed by atoms with Crippen LogP contribution in [-0.2, 0) is 16.1 Å². The van der Waals surface area contributed by atoms with Gasteiger partial charge < -0.3 is 15.0 Å².